The van der Waals surface area contributed by atoms with E-state index in [1.54, 1.807) is 18.6 Å². The summed E-state index contributed by atoms with van der Waals surface area (Å²) < 4.78 is 0. The van der Waals surface area contributed by atoms with E-state index in [9.17, 15) is 9.59 Å². The van der Waals surface area contributed by atoms with Crippen LogP contribution >= 0.6 is 0 Å². The number of carbonyl (C=O) groups excluding carboxylic acids is 2. The molecule has 3 aromatic heterocycles. The van der Waals surface area contributed by atoms with Gasteiger partial charge in [0.25, 0.3) is 5.91 Å². The number of pyridine rings is 2. The topological polar surface area (TPSA) is 162 Å². The SMILES string of the molecule is CN.NC(=O)c1ncc(N[C@@H](C=O)CCc2ccncc2)nc1Nc1ccc2ncccc2c1. The molecule has 4 aromatic rings. The Bertz CT molecular complexity index is 1250. The highest BCUT2D eigenvalue weighted by Gasteiger charge is 2.15. The summed E-state index contributed by atoms with van der Waals surface area (Å²) in [5.74, 6) is -0.157. The van der Waals surface area contributed by atoms with Crippen LogP contribution in [0.25, 0.3) is 10.9 Å². The average Bonchev–Trinajstić information content (AvgIpc) is 2.88. The number of benzene rings is 1. The van der Waals surface area contributed by atoms with Crippen molar-refractivity contribution < 1.29 is 9.59 Å². The lowest BCUT2D eigenvalue weighted by Gasteiger charge is -2.15. The standard InChI is InChI=1S/C23H21N7O2.CH5N/c24-22(32)21-23(29-17-5-6-19-16(12-17)2-1-9-26-19)30-20(13-27-21)28-18(14-31)4-3-15-7-10-25-11-8-15;1-2/h1-2,5-14,18H,3-4H2,(H2,24,32)(H2,28,29,30);2H2,1H3/t18-;/m1./s1. The first-order valence-corrected chi connectivity index (χ1v) is 10.6. The van der Waals surface area contributed by atoms with Gasteiger partial charge in [0.1, 0.15) is 12.1 Å². The first-order valence-electron chi connectivity index (χ1n) is 10.6. The molecule has 10 heteroatoms. The molecule has 0 aliphatic carbocycles. The molecule has 34 heavy (non-hydrogen) atoms. The first kappa shape index (κ1) is 24.2. The van der Waals surface area contributed by atoms with Crippen molar-refractivity contribution in [2.75, 3.05) is 17.7 Å². The number of hydrogen-bond donors (Lipinski definition) is 4. The third-order valence-electron chi connectivity index (χ3n) is 4.86. The normalized spacial score (nSPS) is 11.1. The average molecular weight is 459 g/mol. The maximum Gasteiger partial charge on any atom is 0.271 e. The van der Waals surface area contributed by atoms with E-state index in [-0.39, 0.29) is 11.5 Å². The van der Waals surface area contributed by atoms with Gasteiger partial charge in [-0.2, -0.15) is 0 Å². The van der Waals surface area contributed by atoms with Crippen molar-refractivity contribution in [3.8, 4) is 0 Å². The Morgan fingerprint density at radius 1 is 1.09 bits per heavy atom. The highest BCUT2D eigenvalue weighted by molar-refractivity contribution is 5.96. The smallest absolute Gasteiger partial charge is 0.271 e. The van der Waals surface area contributed by atoms with Gasteiger partial charge < -0.3 is 26.9 Å². The Kier molecular flexibility index (Phi) is 8.53. The third-order valence-corrected chi connectivity index (χ3v) is 4.86. The minimum absolute atomic E-state index is 0.00118. The molecule has 0 saturated carbocycles. The van der Waals surface area contributed by atoms with Crippen LogP contribution in [-0.4, -0.2) is 45.2 Å². The molecule has 0 fully saturated rings. The molecule has 174 valence electrons. The number of rotatable bonds is 9. The lowest BCUT2D eigenvalue weighted by Crippen LogP contribution is -2.24. The number of nitrogens with one attached hydrogen (secondary N) is 2. The summed E-state index contributed by atoms with van der Waals surface area (Å²) in [7, 11) is 1.50. The van der Waals surface area contributed by atoms with Crippen LogP contribution in [0.2, 0.25) is 0 Å². The zero-order chi connectivity index (χ0) is 24.3. The van der Waals surface area contributed by atoms with Gasteiger partial charge in [-0.05, 0) is 61.9 Å². The summed E-state index contributed by atoms with van der Waals surface area (Å²) in [6.07, 6.45) is 8.63. The summed E-state index contributed by atoms with van der Waals surface area (Å²) in [5, 5.41) is 7.09. The summed E-state index contributed by atoms with van der Waals surface area (Å²) in [5.41, 5.74) is 12.6. The van der Waals surface area contributed by atoms with Gasteiger partial charge in [0.05, 0.1) is 17.8 Å². The van der Waals surface area contributed by atoms with Crippen molar-refractivity contribution in [2.45, 2.75) is 18.9 Å². The number of aromatic nitrogens is 4. The number of primary amides is 1. The second-order valence-electron chi connectivity index (χ2n) is 7.13. The second kappa shape index (κ2) is 12.0. The Hall–Kier alpha value is -4.44. The number of fused-ring (bicyclic) bond motifs is 1. The van der Waals surface area contributed by atoms with Crippen LogP contribution in [0.1, 0.15) is 22.5 Å². The Labute approximate surface area is 196 Å². The summed E-state index contributed by atoms with van der Waals surface area (Å²) in [4.78, 5) is 40.3. The Morgan fingerprint density at radius 3 is 2.62 bits per heavy atom. The van der Waals surface area contributed by atoms with Crippen LogP contribution in [-0.2, 0) is 11.2 Å². The van der Waals surface area contributed by atoms with E-state index in [1.807, 2.05) is 42.5 Å². The fraction of sp³-hybridized carbons (Fsp3) is 0.167. The molecule has 1 atom stereocenters. The van der Waals surface area contributed by atoms with Gasteiger partial charge in [0.2, 0.25) is 0 Å². The summed E-state index contributed by atoms with van der Waals surface area (Å²) in [6.45, 7) is 0. The highest BCUT2D eigenvalue weighted by atomic mass is 16.1. The molecule has 4 rings (SSSR count). The molecule has 1 aromatic carbocycles. The van der Waals surface area contributed by atoms with Gasteiger partial charge in [-0.15, -0.1) is 0 Å². The number of nitrogens with zero attached hydrogens (tertiary/aromatic N) is 4. The largest absolute Gasteiger partial charge is 0.364 e. The maximum absolute atomic E-state index is 11.9. The highest BCUT2D eigenvalue weighted by Crippen LogP contribution is 2.23. The van der Waals surface area contributed by atoms with E-state index in [4.69, 9.17) is 5.73 Å². The predicted octanol–water partition coefficient (Wildman–Crippen LogP) is 2.45. The third kappa shape index (κ3) is 6.30. The lowest BCUT2D eigenvalue weighted by atomic mass is 10.1. The van der Waals surface area contributed by atoms with E-state index >= 15 is 0 Å². The Balaban J connectivity index is 0.00000158. The van der Waals surface area contributed by atoms with Gasteiger partial charge in [0, 0.05) is 29.7 Å². The zero-order valence-electron chi connectivity index (χ0n) is 18.7. The van der Waals surface area contributed by atoms with E-state index in [0.29, 0.717) is 24.3 Å². The Morgan fingerprint density at radius 2 is 1.88 bits per heavy atom. The predicted molar refractivity (Wildman–Crippen MR) is 132 cm³/mol. The van der Waals surface area contributed by atoms with Crippen molar-refractivity contribution in [3.05, 3.63) is 78.5 Å². The number of aldehydes is 1. The van der Waals surface area contributed by atoms with Crippen molar-refractivity contribution in [1.82, 2.24) is 19.9 Å². The molecule has 0 aliphatic heterocycles. The molecule has 0 radical (unpaired) electrons. The molecule has 0 saturated heterocycles. The number of aryl methyl sites for hydroxylation is 1. The van der Waals surface area contributed by atoms with E-state index in [1.165, 1.54) is 13.2 Å². The van der Waals surface area contributed by atoms with Crippen LogP contribution in [0, 0.1) is 0 Å². The quantitative estimate of drug-likeness (QED) is 0.276. The zero-order valence-corrected chi connectivity index (χ0v) is 18.7. The number of hydrogen-bond acceptors (Lipinski definition) is 9. The van der Waals surface area contributed by atoms with Crippen molar-refractivity contribution in [3.63, 3.8) is 0 Å². The molecular weight excluding hydrogens is 432 g/mol. The number of anilines is 3. The van der Waals surface area contributed by atoms with Crippen LogP contribution in [0.15, 0.2) is 67.3 Å². The molecular formula is C24H26N8O2. The van der Waals surface area contributed by atoms with Gasteiger partial charge in [0.15, 0.2) is 11.5 Å². The molecule has 6 N–H and O–H groups in total. The minimum atomic E-state index is -0.710. The van der Waals surface area contributed by atoms with Crippen LogP contribution in [0.5, 0.6) is 0 Å². The molecule has 0 unspecified atom stereocenters. The molecule has 0 aliphatic rings. The fourth-order valence-corrected chi connectivity index (χ4v) is 3.25. The van der Waals surface area contributed by atoms with Crippen LogP contribution in [0.4, 0.5) is 17.3 Å². The van der Waals surface area contributed by atoms with Crippen LogP contribution < -0.4 is 22.1 Å². The minimum Gasteiger partial charge on any atom is -0.364 e. The monoisotopic (exact) mass is 458 g/mol. The molecule has 3 heterocycles. The number of nitrogens with two attached hydrogens (primary N) is 2. The van der Waals surface area contributed by atoms with Gasteiger partial charge in [-0.3, -0.25) is 14.8 Å². The van der Waals surface area contributed by atoms with E-state index in [2.05, 4.69) is 36.3 Å². The summed E-state index contributed by atoms with van der Waals surface area (Å²) in [6, 6.07) is 12.7. The fourth-order valence-electron chi connectivity index (χ4n) is 3.25. The van der Waals surface area contributed by atoms with E-state index in [0.717, 1.165) is 22.8 Å². The first-order chi connectivity index (χ1) is 16.6. The van der Waals surface area contributed by atoms with E-state index < -0.39 is 11.9 Å². The van der Waals surface area contributed by atoms with Crippen molar-refractivity contribution >= 4 is 40.4 Å². The number of carbonyl (C=O) groups is 2. The van der Waals surface area contributed by atoms with Crippen molar-refractivity contribution in [2.24, 2.45) is 11.5 Å². The molecule has 0 spiro atoms. The maximum atomic E-state index is 11.9. The van der Waals surface area contributed by atoms with Gasteiger partial charge >= 0.3 is 0 Å². The van der Waals surface area contributed by atoms with Crippen LogP contribution in [0.3, 0.4) is 0 Å². The lowest BCUT2D eigenvalue weighted by molar-refractivity contribution is -0.108. The van der Waals surface area contributed by atoms with Gasteiger partial charge in [-0.1, -0.05) is 6.07 Å². The molecule has 0 bridgehead atoms. The molecule has 10 nitrogen and oxygen atoms in total. The van der Waals surface area contributed by atoms with Gasteiger partial charge in [-0.25, -0.2) is 9.97 Å². The second-order valence-corrected chi connectivity index (χ2v) is 7.13. The molecule has 1 amide bonds. The number of amides is 1. The van der Waals surface area contributed by atoms with Crippen molar-refractivity contribution in [1.29, 1.82) is 0 Å². The summed E-state index contributed by atoms with van der Waals surface area (Å²) >= 11 is 0.